The fraction of sp³-hybridized carbons (Fsp3) is 0.400. The third kappa shape index (κ3) is 3.49. The summed E-state index contributed by atoms with van der Waals surface area (Å²) in [6.45, 7) is 9.58. The van der Waals surface area contributed by atoms with Gasteiger partial charge in [-0.25, -0.2) is 4.68 Å². The Bertz CT molecular complexity index is 1030. The van der Waals surface area contributed by atoms with Crippen molar-refractivity contribution >= 4 is 22.5 Å². The van der Waals surface area contributed by atoms with Crippen LogP contribution in [0.4, 0.5) is 5.69 Å². The Morgan fingerprint density at radius 1 is 1.22 bits per heavy atom. The summed E-state index contributed by atoms with van der Waals surface area (Å²) >= 11 is 0. The molecule has 0 fully saturated rings. The predicted octanol–water partition coefficient (Wildman–Crippen LogP) is 3.71. The zero-order chi connectivity index (χ0) is 19.7. The number of benzene rings is 1. The molecule has 3 aromatic rings. The van der Waals surface area contributed by atoms with Crippen molar-refractivity contribution in [3.8, 4) is 0 Å². The number of nitrogens with one attached hydrogen (secondary N) is 1. The van der Waals surface area contributed by atoms with E-state index in [1.54, 1.807) is 13.8 Å². The Labute approximate surface area is 157 Å². The number of aromatic nitrogens is 3. The largest absolute Gasteiger partial charge is 0.360 e. The Kier molecular flexibility index (Phi) is 5.12. The molecule has 0 saturated carbocycles. The molecule has 1 aromatic carbocycles. The van der Waals surface area contributed by atoms with Gasteiger partial charge in [0.1, 0.15) is 11.8 Å². The topological polar surface area (TPSA) is 90.0 Å². The van der Waals surface area contributed by atoms with E-state index in [0.717, 1.165) is 0 Å². The molecule has 0 aliphatic heterocycles. The molecule has 1 atom stereocenters. The van der Waals surface area contributed by atoms with Crippen LogP contribution in [0.15, 0.2) is 33.6 Å². The van der Waals surface area contributed by atoms with E-state index in [2.05, 4.69) is 29.4 Å². The molecule has 0 saturated heterocycles. The fourth-order valence-corrected chi connectivity index (χ4v) is 3.17. The lowest BCUT2D eigenvalue weighted by Gasteiger charge is -2.17. The molecule has 142 valence electrons. The zero-order valence-electron chi connectivity index (χ0n) is 16.2. The number of nitrogens with zero attached hydrogens (tertiary/aromatic N) is 3. The molecule has 0 radical (unpaired) electrons. The van der Waals surface area contributed by atoms with Gasteiger partial charge in [-0.15, -0.1) is 0 Å². The lowest BCUT2D eigenvalue weighted by Crippen LogP contribution is -2.35. The van der Waals surface area contributed by atoms with Crippen LogP contribution in [-0.4, -0.2) is 20.8 Å². The van der Waals surface area contributed by atoms with Crippen LogP contribution in [0.2, 0.25) is 0 Å². The number of hydrogen-bond donors (Lipinski definition) is 1. The maximum absolute atomic E-state index is 12.8. The van der Waals surface area contributed by atoms with Crippen LogP contribution >= 0.6 is 0 Å². The van der Waals surface area contributed by atoms with E-state index >= 15 is 0 Å². The van der Waals surface area contributed by atoms with E-state index in [0.29, 0.717) is 34.9 Å². The second-order valence-electron chi connectivity index (χ2n) is 6.99. The van der Waals surface area contributed by atoms with Crippen LogP contribution in [0.1, 0.15) is 56.2 Å². The number of carbonyl (C=O) groups excluding carboxylic acids is 1. The zero-order valence-corrected chi connectivity index (χ0v) is 16.2. The summed E-state index contributed by atoms with van der Waals surface area (Å²) in [5.74, 6) is 0.673. The molecule has 7 nitrogen and oxygen atoms in total. The van der Waals surface area contributed by atoms with Gasteiger partial charge >= 0.3 is 0 Å². The maximum Gasteiger partial charge on any atom is 0.297 e. The summed E-state index contributed by atoms with van der Waals surface area (Å²) in [4.78, 5) is 25.6. The van der Waals surface area contributed by atoms with Crippen molar-refractivity contribution in [3.05, 3.63) is 51.6 Å². The molecule has 0 aliphatic rings. The van der Waals surface area contributed by atoms with E-state index in [1.807, 2.05) is 31.2 Å². The summed E-state index contributed by atoms with van der Waals surface area (Å²) in [6, 6.07) is 6.97. The Balaban J connectivity index is 1.92. The van der Waals surface area contributed by atoms with Gasteiger partial charge in [0.05, 0.1) is 11.1 Å². The highest BCUT2D eigenvalue weighted by Gasteiger charge is 2.24. The highest BCUT2D eigenvalue weighted by Crippen LogP contribution is 2.21. The van der Waals surface area contributed by atoms with Crippen molar-refractivity contribution < 1.29 is 9.32 Å². The van der Waals surface area contributed by atoms with Crippen molar-refractivity contribution in [1.29, 1.82) is 0 Å². The van der Waals surface area contributed by atoms with Gasteiger partial charge in [-0.1, -0.05) is 38.1 Å². The first kappa shape index (κ1) is 18.8. The van der Waals surface area contributed by atoms with E-state index in [1.165, 1.54) is 10.2 Å². The first-order chi connectivity index (χ1) is 12.8. The summed E-state index contributed by atoms with van der Waals surface area (Å²) in [5.41, 5.74) is 2.26. The predicted molar refractivity (Wildman–Crippen MR) is 104 cm³/mol. The molecule has 1 amide bonds. The lowest BCUT2D eigenvalue weighted by atomic mass is 10.0. The summed E-state index contributed by atoms with van der Waals surface area (Å²) < 4.78 is 6.33. The maximum atomic E-state index is 12.8. The molecule has 0 spiro atoms. The quantitative estimate of drug-likeness (QED) is 0.741. The summed E-state index contributed by atoms with van der Waals surface area (Å²) in [7, 11) is 0. The molecular weight excluding hydrogens is 344 g/mol. The van der Waals surface area contributed by atoms with Gasteiger partial charge in [0.2, 0.25) is 5.91 Å². The molecule has 3 rings (SSSR count). The Hall–Kier alpha value is -2.96. The minimum atomic E-state index is -0.734. The first-order valence-electron chi connectivity index (χ1n) is 9.09. The van der Waals surface area contributed by atoms with Crippen LogP contribution in [-0.2, 0) is 4.79 Å². The Morgan fingerprint density at radius 2 is 1.89 bits per heavy atom. The number of hydrogen-bond acceptors (Lipinski definition) is 5. The first-order valence-corrected chi connectivity index (χ1v) is 9.09. The summed E-state index contributed by atoms with van der Waals surface area (Å²) in [5, 5.41) is 11.7. The van der Waals surface area contributed by atoms with Crippen LogP contribution < -0.4 is 10.9 Å². The minimum absolute atomic E-state index is 0.201. The van der Waals surface area contributed by atoms with Gasteiger partial charge in [-0.2, -0.15) is 5.10 Å². The highest BCUT2D eigenvalue weighted by molar-refractivity contribution is 5.94. The second-order valence-corrected chi connectivity index (χ2v) is 6.99. The van der Waals surface area contributed by atoms with Gasteiger partial charge < -0.3 is 9.84 Å². The number of rotatable bonds is 5. The molecule has 7 heteroatoms. The molecule has 1 N–H and O–H groups in total. The van der Waals surface area contributed by atoms with Gasteiger partial charge in [0.15, 0.2) is 5.52 Å². The smallest absolute Gasteiger partial charge is 0.297 e. The number of fused-ring (bicyclic) bond motifs is 1. The normalized spacial score (nSPS) is 12.5. The van der Waals surface area contributed by atoms with Crippen molar-refractivity contribution in [1.82, 2.24) is 14.9 Å². The number of amides is 1. The van der Waals surface area contributed by atoms with Crippen molar-refractivity contribution in [3.63, 3.8) is 0 Å². The van der Waals surface area contributed by atoms with E-state index < -0.39 is 11.6 Å². The molecule has 2 heterocycles. The van der Waals surface area contributed by atoms with Gasteiger partial charge in [-0.3, -0.25) is 9.59 Å². The minimum Gasteiger partial charge on any atom is -0.360 e. The SMILES string of the molecule is CC[C@H](C(=O)Nc1ccc(C(C)C)cc1)n1nc(C)c2c(C)onc2c1=O. The average Bonchev–Trinajstić information content (AvgIpc) is 3.02. The van der Waals surface area contributed by atoms with Crippen LogP contribution in [0.3, 0.4) is 0 Å². The van der Waals surface area contributed by atoms with E-state index in [9.17, 15) is 9.59 Å². The average molecular weight is 368 g/mol. The van der Waals surface area contributed by atoms with Crippen LogP contribution in [0.5, 0.6) is 0 Å². The van der Waals surface area contributed by atoms with Crippen molar-refractivity contribution in [2.24, 2.45) is 0 Å². The number of anilines is 1. The van der Waals surface area contributed by atoms with Crippen LogP contribution in [0.25, 0.3) is 10.9 Å². The van der Waals surface area contributed by atoms with E-state index in [4.69, 9.17) is 4.52 Å². The monoisotopic (exact) mass is 368 g/mol. The second kappa shape index (κ2) is 7.34. The number of carbonyl (C=O) groups is 1. The van der Waals surface area contributed by atoms with Crippen LogP contribution in [0, 0.1) is 13.8 Å². The third-order valence-electron chi connectivity index (χ3n) is 4.72. The molecule has 27 heavy (non-hydrogen) atoms. The molecule has 0 aliphatic carbocycles. The van der Waals surface area contributed by atoms with E-state index in [-0.39, 0.29) is 11.4 Å². The lowest BCUT2D eigenvalue weighted by molar-refractivity contribution is -0.119. The molecular formula is C20H24N4O3. The number of aryl methyl sites for hydroxylation is 2. The summed E-state index contributed by atoms with van der Waals surface area (Å²) in [6.07, 6.45) is 0.421. The van der Waals surface area contributed by atoms with Gasteiger partial charge in [0, 0.05) is 5.69 Å². The van der Waals surface area contributed by atoms with Crippen molar-refractivity contribution in [2.45, 2.75) is 53.0 Å². The molecule has 0 unspecified atom stereocenters. The van der Waals surface area contributed by atoms with Gasteiger partial charge in [0.25, 0.3) is 5.56 Å². The van der Waals surface area contributed by atoms with Gasteiger partial charge in [-0.05, 0) is 43.9 Å². The highest BCUT2D eigenvalue weighted by atomic mass is 16.5. The molecule has 0 bridgehead atoms. The Morgan fingerprint density at radius 3 is 2.48 bits per heavy atom. The van der Waals surface area contributed by atoms with Crippen molar-refractivity contribution in [2.75, 3.05) is 5.32 Å². The fourth-order valence-electron chi connectivity index (χ4n) is 3.17. The third-order valence-corrected chi connectivity index (χ3v) is 4.72. The molecule has 2 aromatic heterocycles. The standard InChI is InChI=1S/C20H24N4O3/c1-6-16(19(25)21-15-9-7-14(8-10-15)11(2)3)24-20(26)18-17(12(4)22-24)13(5)27-23-18/h7-11,16H,6H2,1-5H3,(H,21,25)/t16-/m1/s1.